The molecule has 0 radical (unpaired) electrons. The maximum Gasteiger partial charge on any atom is 0.323 e. The molecule has 7 nitrogen and oxygen atoms in total. The summed E-state index contributed by atoms with van der Waals surface area (Å²) in [6.07, 6.45) is 0.219. The minimum Gasteiger partial charge on any atom is -0.464 e. The number of hydrogen-bond donors (Lipinski definition) is 2. The lowest BCUT2D eigenvalue weighted by Gasteiger charge is -2.10. The number of nitrogens with one attached hydrogen (secondary N) is 2. The van der Waals surface area contributed by atoms with Crippen molar-refractivity contribution in [2.45, 2.75) is 33.8 Å². The Bertz CT molecular complexity index is 349. The van der Waals surface area contributed by atoms with Crippen LogP contribution in [0.2, 0.25) is 0 Å². The Morgan fingerprint density at radius 1 is 1.05 bits per heavy atom. The molecule has 19 heavy (non-hydrogen) atoms. The highest BCUT2D eigenvalue weighted by atomic mass is 16.5. The van der Waals surface area contributed by atoms with Gasteiger partial charge in [-0.2, -0.15) is 15.0 Å². The zero-order valence-electron chi connectivity index (χ0n) is 12.1. The van der Waals surface area contributed by atoms with Crippen molar-refractivity contribution in [3.8, 4) is 6.01 Å². The fourth-order valence-corrected chi connectivity index (χ4v) is 1.32. The summed E-state index contributed by atoms with van der Waals surface area (Å²) in [5.74, 6) is 0.995. The Hall–Kier alpha value is -1.63. The molecule has 0 bridgehead atoms. The van der Waals surface area contributed by atoms with Crippen LogP contribution in [0.1, 0.15) is 27.7 Å². The molecule has 1 rings (SSSR count). The number of ether oxygens (including phenoxy) is 2. The third-order valence-electron chi connectivity index (χ3n) is 2.06. The van der Waals surface area contributed by atoms with E-state index in [1.54, 1.807) is 0 Å². The molecule has 0 aromatic carbocycles. The summed E-state index contributed by atoms with van der Waals surface area (Å²) in [6.45, 7) is 10.4. The number of rotatable bonds is 9. The first-order valence-corrected chi connectivity index (χ1v) is 6.63. The molecule has 0 aliphatic heterocycles. The molecule has 0 saturated heterocycles. The molecule has 0 spiro atoms. The predicted molar refractivity (Wildman–Crippen MR) is 74.7 cm³/mol. The van der Waals surface area contributed by atoms with Gasteiger partial charge in [0.2, 0.25) is 11.9 Å². The topological polar surface area (TPSA) is 81.2 Å². The van der Waals surface area contributed by atoms with Crippen molar-refractivity contribution in [1.82, 2.24) is 15.0 Å². The van der Waals surface area contributed by atoms with E-state index in [0.717, 1.165) is 6.54 Å². The average molecular weight is 269 g/mol. The van der Waals surface area contributed by atoms with Crippen molar-refractivity contribution in [2.24, 2.45) is 0 Å². The molecule has 0 fully saturated rings. The van der Waals surface area contributed by atoms with Crippen LogP contribution in [0.15, 0.2) is 0 Å². The Labute approximate surface area is 114 Å². The summed E-state index contributed by atoms with van der Waals surface area (Å²) in [5, 5.41) is 6.13. The molecule has 2 N–H and O–H groups in total. The Balaban J connectivity index is 2.59. The SMILES string of the molecule is CCNc1nc(NCCOC(C)C)nc(OCC)n1. The van der Waals surface area contributed by atoms with Crippen molar-refractivity contribution >= 4 is 11.9 Å². The van der Waals surface area contributed by atoms with E-state index in [2.05, 4.69) is 25.6 Å². The van der Waals surface area contributed by atoms with Crippen molar-refractivity contribution in [2.75, 3.05) is 36.9 Å². The van der Waals surface area contributed by atoms with Gasteiger partial charge in [0, 0.05) is 13.1 Å². The number of nitrogens with zero attached hydrogens (tertiary/aromatic N) is 3. The number of hydrogen-bond acceptors (Lipinski definition) is 7. The minimum atomic E-state index is 0.219. The summed E-state index contributed by atoms with van der Waals surface area (Å²) in [5.41, 5.74) is 0. The molecule has 0 aliphatic carbocycles. The zero-order chi connectivity index (χ0) is 14.1. The Morgan fingerprint density at radius 3 is 2.32 bits per heavy atom. The van der Waals surface area contributed by atoms with Gasteiger partial charge in [0.15, 0.2) is 0 Å². The summed E-state index contributed by atoms with van der Waals surface area (Å²) in [7, 11) is 0. The third-order valence-corrected chi connectivity index (χ3v) is 2.06. The first kappa shape index (κ1) is 15.4. The quantitative estimate of drug-likeness (QED) is 0.658. The number of anilines is 2. The van der Waals surface area contributed by atoms with E-state index in [0.29, 0.717) is 37.7 Å². The average Bonchev–Trinajstić information content (AvgIpc) is 2.35. The molecule has 7 heteroatoms. The van der Waals surface area contributed by atoms with Gasteiger partial charge in [-0.25, -0.2) is 0 Å². The second-order valence-corrected chi connectivity index (χ2v) is 4.07. The smallest absolute Gasteiger partial charge is 0.323 e. The molecule has 1 heterocycles. The van der Waals surface area contributed by atoms with Crippen LogP contribution in [0.3, 0.4) is 0 Å². The lowest BCUT2D eigenvalue weighted by atomic mass is 10.5. The van der Waals surface area contributed by atoms with E-state index >= 15 is 0 Å². The Kier molecular flexibility index (Phi) is 6.88. The lowest BCUT2D eigenvalue weighted by molar-refractivity contribution is 0.0869. The van der Waals surface area contributed by atoms with Crippen LogP contribution >= 0.6 is 0 Å². The molecule has 0 saturated carbocycles. The van der Waals surface area contributed by atoms with Crippen LogP contribution in [0, 0.1) is 0 Å². The molecule has 0 unspecified atom stereocenters. The van der Waals surface area contributed by atoms with Crippen molar-refractivity contribution in [1.29, 1.82) is 0 Å². The molecular weight excluding hydrogens is 246 g/mol. The van der Waals surface area contributed by atoms with Crippen LogP contribution < -0.4 is 15.4 Å². The van der Waals surface area contributed by atoms with E-state index < -0.39 is 0 Å². The van der Waals surface area contributed by atoms with Gasteiger partial charge < -0.3 is 20.1 Å². The van der Waals surface area contributed by atoms with Crippen molar-refractivity contribution < 1.29 is 9.47 Å². The molecular formula is C12H23N5O2. The fourth-order valence-electron chi connectivity index (χ4n) is 1.32. The highest BCUT2D eigenvalue weighted by molar-refractivity contribution is 5.35. The highest BCUT2D eigenvalue weighted by Crippen LogP contribution is 2.10. The molecule has 108 valence electrons. The van der Waals surface area contributed by atoms with E-state index in [4.69, 9.17) is 9.47 Å². The molecule has 1 aromatic heterocycles. The van der Waals surface area contributed by atoms with Gasteiger partial charge in [-0.15, -0.1) is 0 Å². The van der Waals surface area contributed by atoms with Gasteiger partial charge >= 0.3 is 6.01 Å². The van der Waals surface area contributed by atoms with Gasteiger partial charge in [0.25, 0.3) is 0 Å². The third kappa shape index (κ3) is 6.19. The van der Waals surface area contributed by atoms with Crippen LogP contribution in [-0.2, 0) is 4.74 Å². The normalized spacial score (nSPS) is 10.6. The summed E-state index contributed by atoms with van der Waals surface area (Å²) < 4.78 is 10.7. The van der Waals surface area contributed by atoms with Crippen LogP contribution in [0.4, 0.5) is 11.9 Å². The van der Waals surface area contributed by atoms with E-state index in [1.807, 2.05) is 27.7 Å². The first-order chi connectivity index (χ1) is 9.15. The van der Waals surface area contributed by atoms with Crippen LogP contribution in [-0.4, -0.2) is 47.4 Å². The summed E-state index contributed by atoms with van der Waals surface area (Å²) in [6, 6.07) is 0.320. The van der Waals surface area contributed by atoms with E-state index in [-0.39, 0.29) is 6.10 Å². The second kappa shape index (κ2) is 8.47. The van der Waals surface area contributed by atoms with Gasteiger partial charge in [-0.05, 0) is 27.7 Å². The van der Waals surface area contributed by atoms with Gasteiger partial charge in [0.1, 0.15) is 0 Å². The monoisotopic (exact) mass is 269 g/mol. The van der Waals surface area contributed by atoms with Gasteiger partial charge in [0.05, 0.1) is 19.3 Å². The summed E-state index contributed by atoms with van der Waals surface area (Å²) >= 11 is 0. The maximum atomic E-state index is 5.44. The van der Waals surface area contributed by atoms with E-state index in [1.165, 1.54) is 0 Å². The largest absolute Gasteiger partial charge is 0.464 e. The van der Waals surface area contributed by atoms with Crippen LogP contribution in [0.5, 0.6) is 6.01 Å². The van der Waals surface area contributed by atoms with Crippen molar-refractivity contribution in [3.05, 3.63) is 0 Å². The molecule has 0 atom stereocenters. The summed E-state index contributed by atoms with van der Waals surface area (Å²) in [4.78, 5) is 12.6. The van der Waals surface area contributed by atoms with Gasteiger partial charge in [-0.1, -0.05) is 0 Å². The Morgan fingerprint density at radius 2 is 1.74 bits per heavy atom. The number of aromatic nitrogens is 3. The maximum absolute atomic E-state index is 5.44. The van der Waals surface area contributed by atoms with E-state index in [9.17, 15) is 0 Å². The second-order valence-electron chi connectivity index (χ2n) is 4.07. The minimum absolute atomic E-state index is 0.219. The highest BCUT2D eigenvalue weighted by Gasteiger charge is 2.06. The van der Waals surface area contributed by atoms with Gasteiger partial charge in [-0.3, -0.25) is 0 Å². The lowest BCUT2D eigenvalue weighted by Crippen LogP contribution is -2.16. The fraction of sp³-hybridized carbons (Fsp3) is 0.750. The van der Waals surface area contributed by atoms with Crippen molar-refractivity contribution in [3.63, 3.8) is 0 Å². The molecule has 1 aromatic rings. The zero-order valence-corrected chi connectivity index (χ0v) is 12.1. The predicted octanol–water partition coefficient (Wildman–Crippen LogP) is 1.54. The standard InChI is InChI=1S/C12H23N5O2/c1-5-13-10-15-11(14-7-8-19-9(3)4)17-12(16-10)18-6-2/h9H,5-8H2,1-4H3,(H2,13,14,15,16,17). The first-order valence-electron chi connectivity index (χ1n) is 6.63. The molecule has 0 amide bonds. The van der Waals surface area contributed by atoms with Crippen LogP contribution in [0.25, 0.3) is 0 Å². The molecule has 0 aliphatic rings.